The number of rotatable bonds is 7. The molecular formula is C30H43N7O2. The molecule has 0 unspecified atom stereocenters. The Morgan fingerprint density at radius 2 is 1.95 bits per heavy atom. The van der Waals surface area contributed by atoms with Crippen LogP contribution in [-0.2, 0) is 17.8 Å². The van der Waals surface area contributed by atoms with Crippen molar-refractivity contribution in [2.45, 2.75) is 78.3 Å². The van der Waals surface area contributed by atoms with E-state index in [-0.39, 0.29) is 37.7 Å². The van der Waals surface area contributed by atoms with Crippen molar-refractivity contribution in [3.8, 4) is 0 Å². The molecule has 5 rings (SSSR count). The van der Waals surface area contributed by atoms with Crippen LogP contribution in [0.4, 0.5) is 5.82 Å². The Morgan fingerprint density at radius 3 is 2.62 bits per heavy atom. The number of hydrogen-bond donors (Lipinski definition) is 3. The molecule has 2 aromatic heterocycles. The number of nitrogens with zero attached hydrogens (tertiary/aromatic N) is 4. The van der Waals surface area contributed by atoms with E-state index in [0.29, 0.717) is 48.7 Å². The van der Waals surface area contributed by atoms with Crippen LogP contribution in [0.2, 0.25) is 0 Å². The predicted octanol–water partition coefficient (Wildman–Crippen LogP) is 5.35. The van der Waals surface area contributed by atoms with Crippen LogP contribution in [0, 0.1) is 28.6 Å². The Bertz CT molecular complexity index is 1330. The van der Waals surface area contributed by atoms with E-state index in [4.69, 9.17) is 10.8 Å². The lowest BCUT2D eigenvalue weighted by Gasteiger charge is -2.33. The summed E-state index contributed by atoms with van der Waals surface area (Å²) in [4.78, 5) is 39.1. The van der Waals surface area contributed by atoms with Gasteiger partial charge >= 0.3 is 0 Å². The largest absolute Gasteiger partial charge is 0.338 e. The van der Waals surface area contributed by atoms with Crippen molar-refractivity contribution in [3.05, 3.63) is 53.0 Å². The van der Waals surface area contributed by atoms with E-state index in [1.54, 1.807) is 35.4 Å². The Balaban J connectivity index is 0.00000231. The lowest BCUT2D eigenvalue weighted by atomic mass is 9.90. The van der Waals surface area contributed by atoms with Gasteiger partial charge in [-0.05, 0) is 87.1 Å². The summed E-state index contributed by atoms with van der Waals surface area (Å²) in [7, 11) is 0. The molecule has 1 saturated carbocycles. The van der Waals surface area contributed by atoms with Crippen molar-refractivity contribution in [2.24, 2.45) is 17.8 Å². The zero-order valence-corrected chi connectivity index (χ0v) is 23.4. The van der Waals surface area contributed by atoms with Gasteiger partial charge in [0, 0.05) is 40.0 Å². The van der Waals surface area contributed by atoms with E-state index in [9.17, 15) is 9.59 Å². The topological polar surface area (TPSA) is 126 Å². The normalized spacial score (nSPS) is 19.2. The van der Waals surface area contributed by atoms with Gasteiger partial charge in [0.2, 0.25) is 5.91 Å². The second kappa shape index (κ2) is 10.5. The minimum Gasteiger partial charge on any atom is -0.338 e. The van der Waals surface area contributed by atoms with Crippen molar-refractivity contribution >= 4 is 29.3 Å². The van der Waals surface area contributed by atoms with E-state index in [1.165, 1.54) is 0 Å². The number of likely N-dealkylation sites (tertiary alicyclic amines) is 1. The van der Waals surface area contributed by atoms with Crippen LogP contribution >= 0.6 is 0 Å². The van der Waals surface area contributed by atoms with Gasteiger partial charge < -0.3 is 15.1 Å². The van der Waals surface area contributed by atoms with Crippen molar-refractivity contribution in [3.63, 3.8) is 0 Å². The highest BCUT2D eigenvalue weighted by Gasteiger charge is 2.40. The summed E-state index contributed by atoms with van der Waals surface area (Å²) in [6, 6.07) is 6.94. The molecule has 9 nitrogen and oxygen atoms in total. The van der Waals surface area contributed by atoms with Crippen molar-refractivity contribution in [1.29, 1.82) is 10.8 Å². The molecule has 1 aliphatic carbocycles. The molecule has 0 radical (unpaired) electrons. The summed E-state index contributed by atoms with van der Waals surface area (Å²) in [6.45, 7) is 9.57. The molecule has 3 N–H and O–H groups in total. The third-order valence-electron chi connectivity index (χ3n) is 8.18. The molecule has 0 bridgehead atoms. The van der Waals surface area contributed by atoms with Crippen LogP contribution in [0.15, 0.2) is 30.5 Å². The summed E-state index contributed by atoms with van der Waals surface area (Å²) in [6.07, 6.45) is 7.14. The maximum atomic E-state index is 13.4. The van der Waals surface area contributed by atoms with Crippen molar-refractivity contribution in [2.75, 3.05) is 11.9 Å². The number of carbonyl (C=O) groups excluding carboxylic acids is 2. The first-order chi connectivity index (χ1) is 18.5. The van der Waals surface area contributed by atoms with Gasteiger partial charge in [-0.15, -0.1) is 0 Å². The fourth-order valence-corrected chi connectivity index (χ4v) is 5.87. The molecule has 1 saturated heterocycles. The first-order valence-electron chi connectivity index (χ1n) is 14.0. The number of nitrogens with one attached hydrogen (secondary N) is 3. The highest BCUT2D eigenvalue weighted by Crippen LogP contribution is 2.41. The van der Waals surface area contributed by atoms with Gasteiger partial charge in [0.25, 0.3) is 5.91 Å². The SMILES string of the molecule is CC(C)C[C@@H](C(=O)N1CCc2cnc(C(=O)Nc3cccc(C(=N)N4C(=N)CCC4(C)C)n3)cc2C1)C1CC1.[HH].[HH]. The molecule has 2 amide bonds. The van der Waals surface area contributed by atoms with Gasteiger partial charge in [-0.2, -0.15) is 0 Å². The first-order valence-corrected chi connectivity index (χ1v) is 14.0. The minimum absolute atomic E-state index is 0. The van der Waals surface area contributed by atoms with Crippen LogP contribution in [-0.4, -0.2) is 55.3 Å². The number of amides is 2. The second-order valence-corrected chi connectivity index (χ2v) is 12.2. The molecule has 0 spiro atoms. The zero-order chi connectivity index (χ0) is 27.9. The minimum atomic E-state index is -0.387. The Kier molecular flexibility index (Phi) is 7.27. The maximum absolute atomic E-state index is 13.4. The van der Waals surface area contributed by atoms with Gasteiger partial charge in [0.05, 0.1) is 0 Å². The first kappa shape index (κ1) is 27.0. The van der Waals surface area contributed by atoms with Crippen molar-refractivity contribution in [1.82, 2.24) is 19.8 Å². The molecule has 2 fully saturated rings. The third kappa shape index (κ3) is 5.72. The summed E-state index contributed by atoms with van der Waals surface area (Å²) in [5.41, 5.74) is 2.38. The number of anilines is 1. The molecule has 0 aromatic carbocycles. The van der Waals surface area contributed by atoms with Crippen molar-refractivity contribution < 1.29 is 12.4 Å². The van der Waals surface area contributed by atoms with Crippen LogP contribution in [0.1, 0.15) is 90.0 Å². The van der Waals surface area contributed by atoms with E-state index in [2.05, 4.69) is 29.1 Å². The summed E-state index contributed by atoms with van der Waals surface area (Å²) >= 11 is 0. The van der Waals surface area contributed by atoms with E-state index >= 15 is 0 Å². The predicted molar refractivity (Wildman–Crippen MR) is 155 cm³/mol. The molecule has 1 atom stereocenters. The molecule has 39 heavy (non-hydrogen) atoms. The average molecular weight is 534 g/mol. The smallest absolute Gasteiger partial charge is 0.275 e. The lowest BCUT2D eigenvalue weighted by Crippen LogP contribution is -2.45. The van der Waals surface area contributed by atoms with Crippen LogP contribution in [0.5, 0.6) is 0 Å². The summed E-state index contributed by atoms with van der Waals surface area (Å²) < 4.78 is 0. The quantitative estimate of drug-likeness (QED) is 0.326. The molecule has 9 heteroatoms. The highest BCUT2D eigenvalue weighted by molar-refractivity contribution is 6.08. The van der Waals surface area contributed by atoms with Crippen LogP contribution in [0.25, 0.3) is 0 Å². The second-order valence-electron chi connectivity index (χ2n) is 12.2. The van der Waals surface area contributed by atoms with E-state index in [0.717, 1.165) is 43.2 Å². The zero-order valence-electron chi connectivity index (χ0n) is 23.4. The average Bonchev–Trinajstić information content (AvgIpc) is 3.71. The third-order valence-corrected chi connectivity index (χ3v) is 8.18. The van der Waals surface area contributed by atoms with Crippen LogP contribution < -0.4 is 5.32 Å². The summed E-state index contributed by atoms with van der Waals surface area (Å²) in [5.74, 6) is 1.84. The summed E-state index contributed by atoms with van der Waals surface area (Å²) in [5, 5.41) is 19.8. The number of carbonyl (C=O) groups is 2. The van der Waals surface area contributed by atoms with Crippen LogP contribution in [0.3, 0.4) is 0 Å². The Labute approximate surface area is 233 Å². The van der Waals surface area contributed by atoms with E-state index in [1.807, 2.05) is 18.7 Å². The van der Waals surface area contributed by atoms with Gasteiger partial charge in [-0.3, -0.25) is 25.4 Å². The van der Waals surface area contributed by atoms with Gasteiger partial charge in [-0.25, -0.2) is 4.98 Å². The van der Waals surface area contributed by atoms with Gasteiger partial charge in [-0.1, -0.05) is 19.9 Å². The fourth-order valence-electron chi connectivity index (χ4n) is 5.87. The van der Waals surface area contributed by atoms with Gasteiger partial charge in [0.1, 0.15) is 23.0 Å². The molecule has 210 valence electrons. The standard InChI is InChI=1S/C30H39N7O2.2H2/c1-18(2)14-22(19-8-9-19)29(39)36-13-11-20-16-33-24(15-21(20)17-36)28(38)35-26-7-5-6-23(34-26)27(32)37-25(31)10-12-30(37,3)4;;/h5-7,15-16,18-19,22,31-32H,8-14,17H2,1-4H3,(H,34,35,38);2*1H/t22-;;/m1../s1. The highest BCUT2D eigenvalue weighted by atomic mass is 16.2. The molecule has 3 aliphatic rings. The monoisotopic (exact) mass is 533 g/mol. The number of hydrogen-bond acceptors (Lipinski definition) is 6. The number of aromatic nitrogens is 2. The molecule has 4 heterocycles. The van der Waals surface area contributed by atoms with Gasteiger partial charge in [0.15, 0.2) is 5.84 Å². The number of fused-ring (bicyclic) bond motifs is 1. The maximum Gasteiger partial charge on any atom is 0.275 e. The Morgan fingerprint density at radius 1 is 1.18 bits per heavy atom. The fraction of sp³-hybridized carbons (Fsp3) is 0.533. The molecular weight excluding hydrogens is 490 g/mol. The number of amidine groups is 2. The lowest BCUT2D eigenvalue weighted by molar-refractivity contribution is -0.137. The van der Waals surface area contributed by atoms with E-state index < -0.39 is 0 Å². The Hall–Kier alpha value is -3.62. The number of pyridine rings is 2. The molecule has 2 aliphatic heterocycles. The molecule has 2 aromatic rings.